The topological polar surface area (TPSA) is 8.17 Å². The van der Waals surface area contributed by atoms with Crippen molar-refractivity contribution < 1.29 is 0 Å². The lowest BCUT2D eigenvalue weighted by molar-refractivity contribution is 0.241. The van der Waals surface area contributed by atoms with Gasteiger partial charge in [0, 0.05) is 11.9 Å². The number of hydrogen-bond donors (Lipinski definition) is 0. The molecule has 0 radical (unpaired) electrons. The molecule has 0 saturated carbocycles. The Kier molecular flexibility index (Phi) is 3.11. The molecule has 0 N–H and O–H groups in total. The van der Waals surface area contributed by atoms with E-state index in [4.69, 9.17) is 0 Å². The van der Waals surface area contributed by atoms with Crippen LogP contribution >= 0.6 is 0 Å². The molecule has 2 rings (SSSR count). The molecular weight excluding hydrogens is 196 g/mol. The average molecular weight is 214 g/mol. The third-order valence-corrected chi connectivity index (χ3v) is 3.00. The second-order valence-corrected chi connectivity index (χ2v) is 4.26. The van der Waals surface area contributed by atoms with E-state index >= 15 is 0 Å². The smallest absolute Gasteiger partial charge is 0.0830 e. The summed E-state index contributed by atoms with van der Waals surface area (Å²) in [6, 6.07) is 14.8. The minimum atomic E-state index is 0.366. The summed E-state index contributed by atoms with van der Waals surface area (Å²) in [5.74, 6) is 0. The fourth-order valence-corrected chi connectivity index (χ4v) is 1.82. The Morgan fingerprint density at radius 2 is 1.69 bits per heavy atom. The lowest BCUT2D eigenvalue weighted by Gasteiger charge is -2.24. The van der Waals surface area contributed by atoms with Crippen molar-refractivity contribution in [3.05, 3.63) is 48.7 Å². The van der Waals surface area contributed by atoms with E-state index in [9.17, 15) is 0 Å². The molecule has 1 aromatic carbocycles. The summed E-state index contributed by atoms with van der Waals surface area (Å²) < 4.78 is 2.29. The lowest BCUT2D eigenvalue weighted by atomic mass is 10.1. The third-order valence-electron chi connectivity index (χ3n) is 3.00. The summed E-state index contributed by atoms with van der Waals surface area (Å²) in [6.45, 7) is 2.20. The van der Waals surface area contributed by atoms with Crippen LogP contribution in [0.2, 0.25) is 0 Å². The van der Waals surface area contributed by atoms with Gasteiger partial charge >= 0.3 is 0 Å². The highest BCUT2D eigenvalue weighted by molar-refractivity contribution is 5.59. The van der Waals surface area contributed by atoms with Crippen molar-refractivity contribution >= 4 is 0 Å². The maximum absolute atomic E-state index is 2.29. The first-order valence-electron chi connectivity index (χ1n) is 5.59. The molecular formula is C14H18N2. The summed E-state index contributed by atoms with van der Waals surface area (Å²) >= 11 is 0. The molecule has 84 valence electrons. The zero-order chi connectivity index (χ0) is 11.5. The summed E-state index contributed by atoms with van der Waals surface area (Å²) in [7, 11) is 4.19. The van der Waals surface area contributed by atoms with Crippen molar-refractivity contribution in [3.8, 4) is 11.3 Å². The van der Waals surface area contributed by atoms with Crippen molar-refractivity contribution in [2.45, 2.75) is 13.1 Å². The van der Waals surface area contributed by atoms with Gasteiger partial charge in [-0.2, -0.15) is 0 Å². The van der Waals surface area contributed by atoms with Gasteiger partial charge in [-0.05, 0) is 38.7 Å². The summed E-state index contributed by atoms with van der Waals surface area (Å²) in [5, 5.41) is 0. The monoisotopic (exact) mass is 214 g/mol. The van der Waals surface area contributed by atoms with E-state index in [1.807, 2.05) is 6.07 Å². The van der Waals surface area contributed by atoms with Crippen molar-refractivity contribution in [3.63, 3.8) is 0 Å². The number of aromatic nitrogens is 1. The standard InChI is InChI=1S/C14H18N2/c1-12(15(2)3)16-11-7-10-14(16)13-8-5-4-6-9-13/h4-12H,1-3H3. The Bertz CT molecular complexity index is 443. The molecule has 0 saturated heterocycles. The summed E-state index contributed by atoms with van der Waals surface area (Å²) in [4.78, 5) is 2.20. The molecule has 2 aromatic rings. The zero-order valence-corrected chi connectivity index (χ0v) is 10.1. The van der Waals surface area contributed by atoms with Crippen LogP contribution in [-0.2, 0) is 0 Å². The van der Waals surface area contributed by atoms with Crippen LogP contribution in [0.4, 0.5) is 0 Å². The Balaban J connectivity index is 2.40. The molecule has 1 unspecified atom stereocenters. The number of hydrogen-bond acceptors (Lipinski definition) is 1. The van der Waals surface area contributed by atoms with Gasteiger partial charge in [-0.3, -0.25) is 4.90 Å². The highest BCUT2D eigenvalue weighted by Gasteiger charge is 2.10. The van der Waals surface area contributed by atoms with Crippen LogP contribution < -0.4 is 0 Å². The van der Waals surface area contributed by atoms with E-state index in [2.05, 4.69) is 73.1 Å². The molecule has 0 fully saturated rings. The molecule has 1 aromatic heterocycles. The van der Waals surface area contributed by atoms with Crippen LogP contribution in [0.5, 0.6) is 0 Å². The Labute approximate surface area is 97.1 Å². The minimum Gasteiger partial charge on any atom is -0.332 e. The molecule has 16 heavy (non-hydrogen) atoms. The number of benzene rings is 1. The average Bonchev–Trinajstić information content (AvgIpc) is 2.77. The van der Waals surface area contributed by atoms with Gasteiger partial charge in [0.25, 0.3) is 0 Å². The number of rotatable bonds is 3. The van der Waals surface area contributed by atoms with Gasteiger partial charge in [0.2, 0.25) is 0 Å². The van der Waals surface area contributed by atoms with E-state index < -0.39 is 0 Å². The van der Waals surface area contributed by atoms with Crippen LogP contribution in [-0.4, -0.2) is 23.6 Å². The highest BCUT2D eigenvalue weighted by atomic mass is 15.3. The predicted octanol–water partition coefficient (Wildman–Crippen LogP) is 3.24. The Morgan fingerprint density at radius 3 is 2.31 bits per heavy atom. The Morgan fingerprint density at radius 1 is 1.00 bits per heavy atom. The first-order valence-corrected chi connectivity index (χ1v) is 5.59. The van der Waals surface area contributed by atoms with Crippen molar-refractivity contribution in [2.24, 2.45) is 0 Å². The van der Waals surface area contributed by atoms with E-state index in [0.29, 0.717) is 6.17 Å². The maximum Gasteiger partial charge on any atom is 0.0830 e. The Hall–Kier alpha value is -1.54. The van der Waals surface area contributed by atoms with Crippen molar-refractivity contribution in [1.82, 2.24) is 9.47 Å². The molecule has 0 amide bonds. The fraction of sp³-hybridized carbons (Fsp3) is 0.286. The molecule has 1 heterocycles. The highest BCUT2D eigenvalue weighted by Crippen LogP contribution is 2.23. The van der Waals surface area contributed by atoms with Crippen molar-refractivity contribution in [2.75, 3.05) is 14.1 Å². The third kappa shape index (κ3) is 2.02. The molecule has 0 spiro atoms. The van der Waals surface area contributed by atoms with Crippen LogP contribution in [0.3, 0.4) is 0 Å². The molecule has 1 atom stereocenters. The van der Waals surface area contributed by atoms with Crippen LogP contribution in [0.1, 0.15) is 13.1 Å². The van der Waals surface area contributed by atoms with E-state index in [1.54, 1.807) is 0 Å². The van der Waals surface area contributed by atoms with Gasteiger partial charge < -0.3 is 4.57 Å². The quantitative estimate of drug-likeness (QED) is 0.761. The van der Waals surface area contributed by atoms with Gasteiger partial charge in [0.15, 0.2) is 0 Å². The van der Waals surface area contributed by atoms with Gasteiger partial charge in [-0.15, -0.1) is 0 Å². The van der Waals surface area contributed by atoms with Gasteiger partial charge in [-0.25, -0.2) is 0 Å². The van der Waals surface area contributed by atoms with Crippen molar-refractivity contribution in [1.29, 1.82) is 0 Å². The summed E-state index contributed by atoms with van der Waals surface area (Å²) in [5.41, 5.74) is 2.53. The first kappa shape index (κ1) is 11.0. The largest absolute Gasteiger partial charge is 0.332 e. The first-order chi connectivity index (χ1) is 7.70. The molecule has 0 aliphatic carbocycles. The van der Waals surface area contributed by atoms with Crippen LogP contribution in [0, 0.1) is 0 Å². The zero-order valence-electron chi connectivity index (χ0n) is 10.1. The molecule has 0 aliphatic rings. The van der Waals surface area contributed by atoms with Crippen LogP contribution in [0.25, 0.3) is 11.3 Å². The van der Waals surface area contributed by atoms with Gasteiger partial charge in [-0.1, -0.05) is 30.3 Å². The van der Waals surface area contributed by atoms with Crippen LogP contribution in [0.15, 0.2) is 48.7 Å². The molecule has 0 aliphatic heterocycles. The predicted molar refractivity (Wildman–Crippen MR) is 68.3 cm³/mol. The van der Waals surface area contributed by atoms with E-state index in [1.165, 1.54) is 11.3 Å². The SMILES string of the molecule is CC(N(C)C)n1cccc1-c1ccccc1. The summed E-state index contributed by atoms with van der Waals surface area (Å²) in [6.07, 6.45) is 2.50. The van der Waals surface area contributed by atoms with E-state index in [-0.39, 0.29) is 0 Å². The fourth-order valence-electron chi connectivity index (χ4n) is 1.82. The maximum atomic E-state index is 2.29. The number of nitrogens with zero attached hydrogens (tertiary/aromatic N) is 2. The molecule has 2 nitrogen and oxygen atoms in total. The second kappa shape index (κ2) is 4.54. The minimum absolute atomic E-state index is 0.366. The molecule has 2 heteroatoms. The van der Waals surface area contributed by atoms with E-state index in [0.717, 1.165) is 0 Å². The van der Waals surface area contributed by atoms with Gasteiger partial charge in [0.1, 0.15) is 0 Å². The second-order valence-electron chi connectivity index (χ2n) is 4.26. The normalized spacial score (nSPS) is 13.0. The lowest BCUT2D eigenvalue weighted by Crippen LogP contribution is -2.22. The molecule has 0 bridgehead atoms. The van der Waals surface area contributed by atoms with Gasteiger partial charge in [0.05, 0.1) is 6.17 Å².